The maximum absolute atomic E-state index is 11.2. The molecular formula is C32H33N5O6. The number of aliphatic hydroxyl groups is 2. The van der Waals surface area contributed by atoms with E-state index >= 15 is 0 Å². The number of hydrogen-bond donors (Lipinski definition) is 3. The monoisotopic (exact) mass is 583 g/mol. The zero-order chi connectivity index (χ0) is 30.0. The molecule has 6 rings (SSSR count). The van der Waals surface area contributed by atoms with E-state index in [0.29, 0.717) is 28.5 Å². The number of imidazole rings is 1. The first-order chi connectivity index (χ1) is 21.0. The van der Waals surface area contributed by atoms with Gasteiger partial charge in [-0.05, 0) is 41.0 Å². The van der Waals surface area contributed by atoms with E-state index in [1.54, 1.807) is 25.8 Å². The molecule has 1 fully saturated rings. The lowest BCUT2D eigenvalue weighted by Gasteiger charge is -2.37. The molecule has 3 N–H and O–H groups in total. The standard InChI is InChI=1S/C32H33N5O6/c1-33-29-26-30(35-18-34-29)37(19-36-26)31-28(39)27(38)25(43-31)17-42-32(20-7-5-4-6-8-20,21-9-13-23(40-2)14-10-21)22-11-15-24(41-3)16-12-22/h4-16,18-19,25,27-28,31,38-39H,17H2,1-3H3,(H,33,34,35). The Morgan fingerprint density at radius 1 is 0.814 bits per heavy atom. The van der Waals surface area contributed by atoms with Crippen LogP contribution in [0.25, 0.3) is 11.2 Å². The number of rotatable bonds is 10. The molecule has 3 heterocycles. The van der Waals surface area contributed by atoms with Crippen LogP contribution >= 0.6 is 0 Å². The SMILES string of the molecule is CNc1ncnc2c1ncn2C1OC(COC(c2ccccc2)(c2ccc(OC)cc2)c2ccc(OC)cc2)C(O)C1O. The van der Waals surface area contributed by atoms with Crippen LogP contribution in [0.15, 0.2) is 91.5 Å². The zero-order valence-corrected chi connectivity index (χ0v) is 24.0. The molecule has 222 valence electrons. The maximum Gasteiger partial charge on any atom is 0.167 e. The van der Waals surface area contributed by atoms with Crippen molar-refractivity contribution < 1.29 is 29.2 Å². The quantitative estimate of drug-likeness (QED) is 0.210. The van der Waals surface area contributed by atoms with E-state index in [0.717, 1.165) is 16.7 Å². The molecule has 0 saturated carbocycles. The molecule has 11 nitrogen and oxygen atoms in total. The van der Waals surface area contributed by atoms with Gasteiger partial charge in [0.1, 0.15) is 47.3 Å². The van der Waals surface area contributed by atoms with Crippen molar-refractivity contribution in [2.45, 2.75) is 30.1 Å². The van der Waals surface area contributed by atoms with Gasteiger partial charge in [-0.1, -0.05) is 54.6 Å². The van der Waals surface area contributed by atoms with Gasteiger partial charge in [0.2, 0.25) is 0 Å². The minimum atomic E-state index is -1.26. The van der Waals surface area contributed by atoms with Crippen molar-refractivity contribution in [1.29, 1.82) is 0 Å². The summed E-state index contributed by atoms with van der Waals surface area (Å²) in [5.41, 5.74) is 2.43. The molecule has 0 amide bonds. The van der Waals surface area contributed by atoms with Crippen molar-refractivity contribution in [3.05, 3.63) is 108 Å². The Kier molecular flexibility index (Phi) is 7.96. The number of nitrogens with one attached hydrogen (secondary N) is 1. The van der Waals surface area contributed by atoms with Crippen molar-refractivity contribution >= 4 is 17.0 Å². The van der Waals surface area contributed by atoms with E-state index in [-0.39, 0.29) is 6.61 Å². The first-order valence-corrected chi connectivity index (χ1v) is 13.9. The third-order valence-electron chi connectivity index (χ3n) is 7.84. The van der Waals surface area contributed by atoms with Gasteiger partial charge in [0.25, 0.3) is 0 Å². The normalized spacial score (nSPS) is 20.3. The number of anilines is 1. The Hall–Kier alpha value is -4.55. The largest absolute Gasteiger partial charge is 0.497 e. The highest BCUT2D eigenvalue weighted by Gasteiger charge is 2.47. The highest BCUT2D eigenvalue weighted by molar-refractivity contribution is 5.82. The molecule has 0 aliphatic carbocycles. The number of ether oxygens (including phenoxy) is 4. The molecule has 2 aromatic heterocycles. The molecule has 11 heteroatoms. The Balaban J connectivity index is 1.38. The number of benzene rings is 3. The summed E-state index contributed by atoms with van der Waals surface area (Å²) in [6, 6.07) is 25.2. The number of hydrogen-bond acceptors (Lipinski definition) is 10. The molecule has 0 spiro atoms. The van der Waals surface area contributed by atoms with Crippen molar-refractivity contribution in [3.63, 3.8) is 0 Å². The summed E-state index contributed by atoms with van der Waals surface area (Å²) in [6.45, 7) is -0.0505. The van der Waals surface area contributed by atoms with Crippen LogP contribution in [-0.4, -0.2) is 75.9 Å². The molecule has 0 radical (unpaired) electrons. The Morgan fingerprint density at radius 2 is 1.42 bits per heavy atom. The Labute approximate surface area is 248 Å². The fourth-order valence-electron chi connectivity index (χ4n) is 5.60. The average Bonchev–Trinajstić information content (AvgIpc) is 3.62. The summed E-state index contributed by atoms with van der Waals surface area (Å²) in [4.78, 5) is 12.9. The van der Waals surface area contributed by atoms with Crippen LogP contribution < -0.4 is 14.8 Å². The van der Waals surface area contributed by atoms with Gasteiger partial charge in [-0.15, -0.1) is 0 Å². The average molecular weight is 584 g/mol. The van der Waals surface area contributed by atoms with Crippen molar-refractivity contribution in [2.75, 3.05) is 33.2 Å². The molecule has 0 bridgehead atoms. The van der Waals surface area contributed by atoms with E-state index < -0.39 is 30.1 Å². The van der Waals surface area contributed by atoms with E-state index in [4.69, 9.17) is 18.9 Å². The summed E-state index contributed by atoms with van der Waals surface area (Å²) in [7, 11) is 4.98. The molecule has 43 heavy (non-hydrogen) atoms. The smallest absolute Gasteiger partial charge is 0.167 e. The van der Waals surface area contributed by atoms with Crippen LogP contribution in [-0.2, 0) is 15.1 Å². The molecule has 4 atom stereocenters. The van der Waals surface area contributed by atoms with Gasteiger partial charge in [-0.25, -0.2) is 15.0 Å². The van der Waals surface area contributed by atoms with E-state index in [9.17, 15) is 10.2 Å². The maximum atomic E-state index is 11.2. The topological polar surface area (TPSA) is 133 Å². The van der Waals surface area contributed by atoms with Crippen molar-refractivity contribution in [1.82, 2.24) is 19.5 Å². The predicted octanol–water partition coefficient (Wildman–Crippen LogP) is 3.51. The number of methoxy groups -OCH3 is 2. The minimum Gasteiger partial charge on any atom is -0.497 e. The van der Waals surface area contributed by atoms with Gasteiger partial charge < -0.3 is 34.5 Å². The number of nitrogens with zero attached hydrogens (tertiary/aromatic N) is 4. The lowest BCUT2D eigenvalue weighted by atomic mass is 9.80. The lowest BCUT2D eigenvalue weighted by molar-refractivity contribution is -0.0942. The minimum absolute atomic E-state index is 0.0505. The fourth-order valence-corrected chi connectivity index (χ4v) is 5.60. The van der Waals surface area contributed by atoms with E-state index in [2.05, 4.69) is 20.3 Å². The van der Waals surface area contributed by atoms with Gasteiger partial charge >= 0.3 is 0 Å². The molecule has 1 aliphatic heterocycles. The summed E-state index contributed by atoms with van der Waals surface area (Å²) in [5.74, 6) is 1.96. The van der Waals surface area contributed by atoms with Crippen LogP contribution in [0.5, 0.6) is 11.5 Å². The van der Waals surface area contributed by atoms with E-state index in [1.165, 1.54) is 12.7 Å². The van der Waals surface area contributed by atoms with Gasteiger partial charge in [-0.3, -0.25) is 4.57 Å². The Morgan fingerprint density at radius 3 is 2.00 bits per heavy atom. The molecule has 3 aromatic carbocycles. The van der Waals surface area contributed by atoms with Gasteiger partial charge in [0, 0.05) is 7.05 Å². The molecule has 4 unspecified atom stereocenters. The summed E-state index contributed by atoms with van der Waals surface area (Å²) < 4.78 is 25.6. The third kappa shape index (κ3) is 5.06. The second-order valence-corrected chi connectivity index (χ2v) is 10.2. The van der Waals surface area contributed by atoms with Crippen LogP contribution in [0.4, 0.5) is 5.82 Å². The second-order valence-electron chi connectivity index (χ2n) is 10.2. The Bertz CT molecular complexity index is 1610. The third-order valence-corrected chi connectivity index (χ3v) is 7.84. The first-order valence-electron chi connectivity index (χ1n) is 13.9. The number of aliphatic hydroxyl groups excluding tert-OH is 2. The lowest BCUT2D eigenvalue weighted by Crippen LogP contribution is -2.39. The van der Waals surface area contributed by atoms with Gasteiger partial charge in [0.05, 0.1) is 27.2 Å². The fraction of sp³-hybridized carbons (Fsp3) is 0.281. The molecule has 5 aromatic rings. The molecule has 1 saturated heterocycles. The van der Waals surface area contributed by atoms with Gasteiger partial charge in [0.15, 0.2) is 17.7 Å². The molecule has 1 aliphatic rings. The van der Waals surface area contributed by atoms with Gasteiger partial charge in [-0.2, -0.15) is 0 Å². The van der Waals surface area contributed by atoms with Crippen LogP contribution in [0.2, 0.25) is 0 Å². The van der Waals surface area contributed by atoms with E-state index in [1.807, 2.05) is 78.9 Å². The zero-order valence-electron chi connectivity index (χ0n) is 24.0. The number of fused-ring (bicyclic) bond motifs is 1. The van der Waals surface area contributed by atoms with Crippen LogP contribution in [0.1, 0.15) is 22.9 Å². The van der Waals surface area contributed by atoms with Crippen LogP contribution in [0, 0.1) is 0 Å². The second kappa shape index (κ2) is 12.0. The predicted molar refractivity (Wildman–Crippen MR) is 159 cm³/mol. The van der Waals surface area contributed by atoms with Crippen LogP contribution in [0.3, 0.4) is 0 Å². The molecular weight excluding hydrogens is 550 g/mol. The summed E-state index contributed by atoms with van der Waals surface area (Å²) >= 11 is 0. The van der Waals surface area contributed by atoms with Crippen molar-refractivity contribution in [2.24, 2.45) is 0 Å². The summed E-state index contributed by atoms with van der Waals surface area (Å²) in [6.07, 6.45) is -1.39. The van der Waals surface area contributed by atoms with Crippen molar-refractivity contribution in [3.8, 4) is 11.5 Å². The highest BCUT2D eigenvalue weighted by Crippen LogP contribution is 2.43. The summed E-state index contributed by atoms with van der Waals surface area (Å²) in [5, 5.41) is 25.3. The number of aromatic nitrogens is 4. The first kappa shape index (κ1) is 28.6. The highest BCUT2D eigenvalue weighted by atomic mass is 16.6.